The highest BCUT2D eigenvalue weighted by Gasteiger charge is 2.10. The number of hydrogen-bond acceptors (Lipinski definition) is 3. The lowest BCUT2D eigenvalue weighted by molar-refractivity contribution is 0.0471. The quantitative estimate of drug-likeness (QED) is 0.684. The molecule has 3 heteroatoms. The fourth-order valence-electron chi connectivity index (χ4n) is 2.10. The minimum absolute atomic E-state index is 0.292. The van der Waals surface area contributed by atoms with Crippen LogP contribution < -0.4 is 5.73 Å². The standard InChI is InChI=1S/C17H19NO2/c1-11-5-4-6-12(2)15(11)10-20-17(19)14-7-8-16(18)13(3)9-14/h4-9H,10,18H2,1-3H3. The van der Waals surface area contributed by atoms with Crippen molar-refractivity contribution < 1.29 is 9.53 Å². The average Bonchev–Trinajstić information content (AvgIpc) is 2.41. The Morgan fingerprint density at radius 1 is 1.05 bits per heavy atom. The molecule has 0 amide bonds. The molecule has 0 saturated carbocycles. The predicted octanol–water partition coefficient (Wildman–Crippen LogP) is 3.55. The van der Waals surface area contributed by atoms with Crippen molar-refractivity contribution in [3.63, 3.8) is 0 Å². The van der Waals surface area contributed by atoms with Crippen LogP contribution in [-0.4, -0.2) is 5.97 Å². The van der Waals surface area contributed by atoms with Crippen molar-refractivity contribution in [1.29, 1.82) is 0 Å². The van der Waals surface area contributed by atoms with Crippen LogP contribution in [0.5, 0.6) is 0 Å². The molecule has 0 aromatic heterocycles. The van der Waals surface area contributed by atoms with E-state index in [0.717, 1.165) is 22.3 Å². The summed E-state index contributed by atoms with van der Waals surface area (Å²) in [5.41, 5.74) is 11.2. The van der Waals surface area contributed by atoms with Gasteiger partial charge >= 0.3 is 5.97 Å². The van der Waals surface area contributed by atoms with Crippen LogP contribution in [0.1, 0.15) is 32.6 Å². The first-order valence-corrected chi connectivity index (χ1v) is 6.57. The molecule has 0 unspecified atom stereocenters. The van der Waals surface area contributed by atoms with Crippen molar-refractivity contribution in [3.05, 3.63) is 64.2 Å². The molecular weight excluding hydrogens is 250 g/mol. The van der Waals surface area contributed by atoms with Crippen LogP contribution in [-0.2, 0) is 11.3 Å². The smallest absolute Gasteiger partial charge is 0.338 e. The summed E-state index contributed by atoms with van der Waals surface area (Å²) >= 11 is 0. The van der Waals surface area contributed by atoms with Gasteiger partial charge in [0, 0.05) is 5.69 Å². The van der Waals surface area contributed by atoms with Crippen LogP contribution in [0.15, 0.2) is 36.4 Å². The molecule has 0 heterocycles. The second-order valence-electron chi connectivity index (χ2n) is 5.02. The zero-order valence-electron chi connectivity index (χ0n) is 12.1. The molecular formula is C17H19NO2. The SMILES string of the molecule is Cc1cc(C(=O)OCc2c(C)cccc2C)ccc1N. The highest BCUT2D eigenvalue weighted by atomic mass is 16.5. The molecule has 0 bridgehead atoms. The van der Waals surface area contributed by atoms with Crippen LogP contribution in [0.25, 0.3) is 0 Å². The summed E-state index contributed by atoms with van der Waals surface area (Å²) in [6.45, 7) is 6.20. The lowest BCUT2D eigenvalue weighted by atomic mass is 10.0. The summed E-state index contributed by atoms with van der Waals surface area (Å²) in [4.78, 5) is 12.0. The van der Waals surface area contributed by atoms with Gasteiger partial charge in [-0.1, -0.05) is 18.2 Å². The maximum Gasteiger partial charge on any atom is 0.338 e. The van der Waals surface area contributed by atoms with Gasteiger partial charge in [0.15, 0.2) is 0 Å². The fourth-order valence-corrected chi connectivity index (χ4v) is 2.10. The van der Waals surface area contributed by atoms with E-state index in [-0.39, 0.29) is 5.97 Å². The van der Waals surface area contributed by atoms with Crippen LogP contribution in [0.4, 0.5) is 5.69 Å². The van der Waals surface area contributed by atoms with Crippen molar-refractivity contribution in [2.45, 2.75) is 27.4 Å². The lowest BCUT2D eigenvalue weighted by Crippen LogP contribution is -2.07. The average molecular weight is 269 g/mol. The minimum atomic E-state index is -0.323. The first kappa shape index (κ1) is 14.1. The number of ether oxygens (including phenoxy) is 1. The highest BCUT2D eigenvalue weighted by molar-refractivity contribution is 5.90. The third-order valence-electron chi connectivity index (χ3n) is 3.50. The lowest BCUT2D eigenvalue weighted by Gasteiger charge is -2.11. The summed E-state index contributed by atoms with van der Waals surface area (Å²) in [6, 6.07) is 11.2. The normalized spacial score (nSPS) is 10.3. The maximum atomic E-state index is 12.0. The number of benzene rings is 2. The Morgan fingerprint density at radius 2 is 1.70 bits per heavy atom. The van der Waals surface area contributed by atoms with Gasteiger partial charge in [0.05, 0.1) is 5.56 Å². The molecule has 2 N–H and O–H groups in total. The molecule has 0 atom stereocenters. The van der Waals surface area contributed by atoms with E-state index >= 15 is 0 Å². The molecule has 0 spiro atoms. The van der Waals surface area contributed by atoms with Gasteiger partial charge in [-0.05, 0) is 61.2 Å². The van der Waals surface area contributed by atoms with Crippen molar-refractivity contribution in [2.75, 3.05) is 5.73 Å². The number of carbonyl (C=O) groups is 1. The number of carbonyl (C=O) groups excluding carboxylic acids is 1. The molecule has 2 aromatic rings. The molecule has 3 nitrogen and oxygen atoms in total. The van der Waals surface area contributed by atoms with E-state index < -0.39 is 0 Å². The molecule has 2 aromatic carbocycles. The molecule has 104 valence electrons. The van der Waals surface area contributed by atoms with E-state index in [4.69, 9.17) is 10.5 Å². The van der Waals surface area contributed by atoms with Crippen LogP contribution in [0, 0.1) is 20.8 Å². The largest absolute Gasteiger partial charge is 0.457 e. The van der Waals surface area contributed by atoms with Crippen molar-refractivity contribution in [2.24, 2.45) is 0 Å². The van der Waals surface area contributed by atoms with Crippen LogP contribution in [0.2, 0.25) is 0 Å². The van der Waals surface area contributed by atoms with Gasteiger partial charge in [0.1, 0.15) is 6.61 Å². The molecule has 0 aliphatic rings. The van der Waals surface area contributed by atoms with Crippen LogP contribution >= 0.6 is 0 Å². The van der Waals surface area contributed by atoms with E-state index in [2.05, 4.69) is 0 Å². The molecule has 20 heavy (non-hydrogen) atoms. The Labute approximate surface area is 119 Å². The summed E-state index contributed by atoms with van der Waals surface area (Å²) in [5.74, 6) is -0.323. The summed E-state index contributed by atoms with van der Waals surface area (Å²) in [7, 11) is 0. The monoisotopic (exact) mass is 269 g/mol. The fraction of sp³-hybridized carbons (Fsp3) is 0.235. The first-order chi connectivity index (χ1) is 9.49. The molecule has 0 fully saturated rings. The van der Waals surface area contributed by atoms with Crippen molar-refractivity contribution in [1.82, 2.24) is 0 Å². The molecule has 0 radical (unpaired) electrons. The predicted molar refractivity (Wildman–Crippen MR) is 80.6 cm³/mol. The van der Waals surface area contributed by atoms with E-state index in [1.54, 1.807) is 18.2 Å². The molecule has 0 aliphatic heterocycles. The van der Waals surface area contributed by atoms with Gasteiger partial charge in [0.25, 0.3) is 0 Å². The molecule has 0 aliphatic carbocycles. The number of esters is 1. The Balaban J connectivity index is 2.11. The highest BCUT2D eigenvalue weighted by Crippen LogP contribution is 2.17. The third-order valence-corrected chi connectivity index (χ3v) is 3.50. The van der Waals surface area contributed by atoms with Gasteiger partial charge < -0.3 is 10.5 Å². The topological polar surface area (TPSA) is 52.3 Å². The second kappa shape index (κ2) is 5.78. The van der Waals surface area contributed by atoms with Crippen LogP contribution in [0.3, 0.4) is 0 Å². The Hall–Kier alpha value is -2.29. The third kappa shape index (κ3) is 2.99. The van der Waals surface area contributed by atoms with Gasteiger partial charge in [0.2, 0.25) is 0 Å². The molecule has 2 rings (SSSR count). The number of aryl methyl sites for hydroxylation is 3. The second-order valence-corrected chi connectivity index (χ2v) is 5.02. The van der Waals surface area contributed by atoms with Gasteiger partial charge in [-0.3, -0.25) is 0 Å². The zero-order valence-corrected chi connectivity index (χ0v) is 12.1. The molecule has 0 saturated heterocycles. The Morgan fingerprint density at radius 3 is 2.30 bits per heavy atom. The zero-order chi connectivity index (χ0) is 14.7. The number of anilines is 1. The van der Waals surface area contributed by atoms with Gasteiger partial charge in [-0.2, -0.15) is 0 Å². The number of nitrogen functional groups attached to an aromatic ring is 1. The summed E-state index contributed by atoms with van der Waals surface area (Å²) in [5, 5.41) is 0. The minimum Gasteiger partial charge on any atom is -0.457 e. The van der Waals surface area contributed by atoms with Crippen molar-refractivity contribution in [3.8, 4) is 0 Å². The van der Waals surface area contributed by atoms with Gasteiger partial charge in [-0.15, -0.1) is 0 Å². The Kier molecular flexibility index (Phi) is 4.08. The maximum absolute atomic E-state index is 12.0. The first-order valence-electron chi connectivity index (χ1n) is 6.57. The van der Waals surface area contributed by atoms with E-state index in [1.165, 1.54) is 0 Å². The van der Waals surface area contributed by atoms with E-state index in [1.807, 2.05) is 39.0 Å². The van der Waals surface area contributed by atoms with E-state index in [0.29, 0.717) is 17.9 Å². The summed E-state index contributed by atoms with van der Waals surface area (Å²) in [6.07, 6.45) is 0. The Bertz CT molecular complexity index is 627. The van der Waals surface area contributed by atoms with Gasteiger partial charge in [-0.25, -0.2) is 4.79 Å². The number of rotatable bonds is 3. The van der Waals surface area contributed by atoms with Crippen molar-refractivity contribution >= 4 is 11.7 Å². The number of nitrogens with two attached hydrogens (primary N) is 1. The summed E-state index contributed by atoms with van der Waals surface area (Å²) < 4.78 is 5.39. The van der Waals surface area contributed by atoms with E-state index in [9.17, 15) is 4.79 Å². The number of hydrogen-bond donors (Lipinski definition) is 1.